The number of aliphatic carboxylic acids is 1. The summed E-state index contributed by atoms with van der Waals surface area (Å²) in [5.41, 5.74) is 0. The zero-order valence-electron chi connectivity index (χ0n) is 9.57. The number of carbonyl (C=O) groups is 2. The molecule has 0 fully saturated rings. The van der Waals surface area contributed by atoms with Crippen molar-refractivity contribution in [1.29, 1.82) is 0 Å². The number of nitrogens with one attached hydrogen (secondary N) is 1. The lowest BCUT2D eigenvalue weighted by Crippen LogP contribution is -2.44. The van der Waals surface area contributed by atoms with Gasteiger partial charge in [0.05, 0.1) is 9.21 Å². The number of carboxylic acid groups (broad SMARTS) is 1. The summed E-state index contributed by atoms with van der Waals surface area (Å²) in [6.07, 6.45) is 0.683. The maximum absolute atomic E-state index is 11.8. The maximum Gasteiger partial charge on any atom is 0.326 e. The van der Waals surface area contributed by atoms with Gasteiger partial charge in [0.2, 0.25) is 0 Å². The number of thiophene rings is 1. The molecule has 0 aliphatic carbocycles. The Labute approximate surface area is 109 Å². The Morgan fingerprint density at radius 1 is 1.53 bits per heavy atom. The monoisotopic (exact) mass is 275 g/mol. The van der Waals surface area contributed by atoms with E-state index in [2.05, 4.69) is 5.32 Å². The van der Waals surface area contributed by atoms with Crippen LogP contribution in [0.3, 0.4) is 0 Å². The summed E-state index contributed by atoms with van der Waals surface area (Å²) in [7, 11) is 0. The van der Waals surface area contributed by atoms with Crippen molar-refractivity contribution < 1.29 is 14.7 Å². The van der Waals surface area contributed by atoms with Gasteiger partial charge in [0.15, 0.2) is 0 Å². The van der Waals surface area contributed by atoms with E-state index in [0.29, 0.717) is 15.6 Å². The lowest BCUT2D eigenvalue weighted by Gasteiger charge is -2.19. The first-order valence-corrected chi connectivity index (χ1v) is 6.44. The van der Waals surface area contributed by atoms with Gasteiger partial charge in [-0.15, -0.1) is 11.3 Å². The predicted octanol–water partition coefficient (Wildman–Crippen LogP) is 2.63. The summed E-state index contributed by atoms with van der Waals surface area (Å²) in [6.45, 7) is 3.68. The van der Waals surface area contributed by atoms with Crippen molar-refractivity contribution in [2.75, 3.05) is 0 Å². The molecule has 0 aliphatic rings. The molecule has 6 heteroatoms. The van der Waals surface area contributed by atoms with Crippen molar-refractivity contribution in [3.63, 3.8) is 0 Å². The average Bonchev–Trinajstić information content (AvgIpc) is 2.71. The number of halogens is 1. The third-order valence-corrected chi connectivity index (χ3v) is 3.79. The van der Waals surface area contributed by atoms with E-state index >= 15 is 0 Å². The number of hydrogen-bond acceptors (Lipinski definition) is 3. The number of carbonyl (C=O) groups excluding carboxylic acids is 1. The smallest absolute Gasteiger partial charge is 0.326 e. The van der Waals surface area contributed by atoms with E-state index in [1.165, 1.54) is 0 Å². The average molecular weight is 276 g/mol. The lowest BCUT2D eigenvalue weighted by molar-refractivity contribution is -0.140. The SMILES string of the molecule is CC[C@H](C)[C@H](NC(=O)c1ccc(Cl)s1)C(=O)O. The first kappa shape index (κ1) is 14.0. The zero-order valence-corrected chi connectivity index (χ0v) is 11.1. The van der Waals surface area contributed by atoms with Crippen molar-refractivity contribution in [3.05, 3.63) is 21.3 Å². The van der Waals surface area contributed by atoms with Crippen LogP contribution in [0.1, 0.15) is 29.9 Å². The van der Waals surface area contributed by atoms with Gasteiger partial charge in [0.1, 0.15) is 6.04 Å². The normalized spacial score (nSPS) is 14.1. The topological polar surface area (TPSA) is 66.4 Å². The highest BCUT2D eigenvalue weighted by Gasteiger charge is 2.26. The summed E-state index contributed by atoms with van der Waals surface area (Å²) in [6, 6.07) is 2.33. The van der Waals surface area contributed by atoms with Gasteiger partial charge in [-0.25, -0.2) is 4.79 Å². The van der Waals surface area contributed by atoms with Crippen molar-refractivity contribution >= 4 is 34.8 Å². The van der Waals surface area contributed by atoms with Crippen LogP contribution in [0.15, 0.2) is 12.1 Å². The highest BCUT2D eigenvalue weighted by Crippen LogP contribution is 2.21. The Hall–Kier alpha value is -1.07. The van der Waals surface area contributed by atoms with E-state index in [-0.39, 0.29) is 5.92 Å². The van der Waals surface area contributed by atoms with Gasteiger partial charge in [-0.2, -0.15) is 0 Å². The molecule has 0 bridgehead atoms. The molecule has 2 N–H and O–H groups in total. The molecule has 17 heavy (non-hydrogen) atoms. The Morgan fingerprint density at radius 2 is 2.18 bits per heavy atom. The van der Waals surface area contributed by atoms with Crippen LogP contribution >= 0.6 is 22.9 Å². The van der Waals surface area contributed by atoms with Crippen molar-refractivity contribution in [3.8, 4) is 0 Å². The fraction of sp³-hybridized carbons (Fsp3) is 0.455. The minimum absolute atomic E-state index is 0.119. The number of hydrogen-bond donors (Lipinski definition) is 2. The number of carboxylic acids is 1. The first-order valence-electron chi connectivity index (χ1n) is 5.24. The molecule has 0 aromatic carbocycles. The third-order valence-electron chi connectivity index (χ3n) is 2.56. The molecule has 1 heterocycles. The molecule has 1 aromatic rings. The second-order valence-corrected chi connectivity index (χ2v) is 5.49. The van der Waals surface area contributed by atoms with Crippen molar-refractivity contribution in [2.45, 2.75) is 26.3 Å². The Kier molecular flexibility index (Phi) is 4.96. The van der Waals surface area contributed by atoms with Crippen LogP contribution in [-0.2, 0) is 4.79 Å². The van der Waals surface area contributed by atoms with Crippen LogP contribution < -0.4 is 5.32 Å². The van der Waals surface area contributed by atoms with Crippen LogP contribution in [0.5, 0.6) is 0 Å². The van der Waals surface area contributed by atoms with Crippen LogP contribution in [0, 0.1) is 5.92 Å². The highest BCUT2D eigenvalue weighted by atomic mass is 35.5. The largest absolute Gasteiger partial charge is 0.480 e. The Balaban J connectivity index is 2.74. The zero-order chi connectivity index (χ0) is 13.0. The van der Waals surface area contributed by atoms with Gasteiger partial charge in [0, 0.05) is 0 Å². The fourth-order valence-electron chi connectivity index (χ4n) is 1.33. The minimum atomic E-state index is -1.02. The van der Waals surface area contributed by atoms with Gasteiger partial charge in [-0.3, -0.25) is 4.79 Å². The third kappa shape index (κ3) is 3.71. The Morgan fingerprint density at radius 3 is 2.59 bits per heavy atom. The van der Waals surface area contributed by atoms with Crippen molar-refractivity contribution in [2.24, 2.45) is 5.92 Å². The fourth-order valence-corrected chi connectivity index (χ4v) is 2.28. The van der Waals surface area contributed by atoms with Gasteiger partial charge in [0.25, 0.3) is 5.91 Å². The summed E-state index contributed by atoms with van der Waals surface area (Å²) < 4.78 is 0.505. The summed E-state index contributed by atoms with van der Waals surface area (Å²) in [5, 5.41) is 11.5. The molecule has 0 saturated carbocycles. The summed E-state index contributed by atoms with van der Waals surface area (Å²) in [4.78, 5) is 23.2. The van der Waals surface area contributed by atoms with E-state index in [4.69, 9.17) is 16.7 Å². The van der Waals surface area contributed by atoms with E-state index in [1.807, 2.05) is 6.92 Å². The maximum atomic E-state index is 11.8. The second-order valence-electron chi connectivity index (χ2n) is 3.78. The molecule has 2 atom stereocenters. The van der Waals surface area contributed by atoms with Crippen LogP contribution in [0.4, 0.5) is 0 Å². The number of amides is 1. The Bertz CT molecular complexity index is 419. The minimum Gasteiger partial charge on any atom is -0.480 e. The molecule has 1 amide bonds. The van der Waals surface area contributed by atoms with E-state index in [1.54, 1.807) is 19.1 Å². The van der Waals surface area contributed by atoms with Crippen LogP contribution in [0.25, 0.3) is 0 Å². The first-order chi connectivity index (χ1) is 7.95. The van der Waals surface area contributed by atoms with Gasteiger partial charge < -0.3 is 10.4 Å². The molecule has 0 spiro atoms. The quantitative estimate of drug-likeness (QED) is 0.868. The molecule has 0 saturated heterocycles. The molecule has 94 valence electrons. The van der Waals surface area contributed by atoms with Gasteiger partial charge in [-0.1, -0.05) is 31.9 Å². The number of rotatable bonds is 5. The summed E-state index contributed by atoms with van der Waals surface area (Å²) in [5.74, 6) is -1.53. The standard InChI is InChI=1S/C11H14ClNO3S/c1-3-6(2)9(11(15)16)13-10(14)7-4-5-8(12)17-7/h4-6,9H,3H2,1-2H3,(H,13,14)(H,15,16)/t6-,9-/m0/s1. The highest BCUT2D eigenvalue weighted by molar-refractivity contribution is 7.18. The molecular formula is C11H14ClNO3S. The van der Waals surface area contributed by atoms with Gasteiger partial charge in [-0.05, 0) is 18.1 Å². The van der Waals surface area contributed by atoms with Crippen molar-refractivity contribution in [1.82, 2.24) is 5.32 Å². The predicted molar refractivity (Wildman–Crippen MR) is 67.7 cm³/mol. The van der Waals surface area contributed by atoms with Crippen LogP contribution in [-0.4, -0.2) is 23.0 Å². The van der Waals surface area contributed by atoms with E-state index < -0.39 is 17.9 Å². The lowest BCUT2D eigenvalue weighted by atomic mass is 9.99. The molecular weight excluding hydrogens is 262 g/mol. The van der Waals surface area contributed by atoms with E-state index in [9.17, 15) is 9.59 Å². The molecule has 0 radical (unpaired) electrons. The molecule has 1 aromatic heterocycles. The van der Waals surface area contributed by atoms with Crippen LogP contribution in [0.2, 0.25) is 4.34 Å². The molecule has 0 aliphatic heterocycles. The molecule has 1 rings (SSSR count). The summed E-state index contributed by atoms with van der Waals surface area (Å²) >= 11 is 6.84. The second kappa shape index (κ2) is 6.02. The molecule has 0 unspecified atom stereocenters. The van der Waals surface area contributed by atoms with Gasteiger partial charge >= 0.3 is 5.97 Å². The molecule has 4 nitrogen and oxygen atoms in total. The van der Waals surface area contributed by atoms with E-state index in [0.717, 1.165) is 11.3 Å².